The molecule has 0 fully saturated rings. The quantitative estimate of drug-likeness (QED) is 0.852. The lowest BCUT2D eigenvalue weighted by atomic mass is 10.0. The Balaban J connectivity index is 1.95. The Bertz CT molecular complexity index is 813. The normalized spacial score (nSPS) is 19.0. The lowest BCUT2D eigenvalue weighted by molar-refractivity contribution is 0.0621. The summed E-state index contributed by atoms with van der Waals surface area (Å²) in [4.78, 5) is 29.5. The van der Waals surface area contributed by atoms with E-state index in [0.717, 1.165) is 5.56 Å². The molecule has 0 aromatic heterocycles. The van der Waals surface area contributed by atoms with Gasteiger partial charge in [-0.3, -0.25) is 14.5 Å². The van der Waals surface area contributed by atoms with Crippen LogP contribution in [0.5, 0.6) is 0 Å². The van der Waals surface area contributed by atoms with E-state index in [1.807, 2.05) is 47.4 Å². The van der Waals surface area contributed by atoms with E-state index in [9.17, 15) is 9.59 Å². The molecule has 0 N–H and O–H groups in total. The summed E-state index contributed by atoms with van der Waals surface area (Å²) < 4.78 is 0. The van der Waals surface area contributed by atoms with E-state index in [1.165, 1.54) is 0 Å². The first kappa shape index (κ1) is 14.0. The highest BCUT2D eigenvalue weighted by Crippen LogP contribution is 2.45. The van der Waals surface area contributed by atoms with Crippen LogP contribution >= 0.6 is 0 Å². The van der Waals surface area contributed by atoms with Gasteiger partial charge in [0, 0.05) is 17.7 Å². The molecule has 1 atom stereocenters. The Hall–Kier alpha value is -2.62. The third-order valence-electron chi connectivity index (χ3n) is 4.44. The Morgan fingerprint density at radius 2 is 1.57 bits per heavy atom. The van der Waals surface area contributed by atoms with E-state index in [4.69, 9.17) is 0 Å². The molecule has 2 aromatic carbocycles. The highest BCUT2D eigenvalue weighted by Gasteiger charge is 2.47. The van der Waals surface area contributed by atoms with E-state index < -0.39 is 0 Å². The van der Waals surface area contributed by atoms with Crippen LogP contribution in [0.4, 0.5) is 5.69 Å². The van der Waals surface area contributed by atoms with Gasteiger partial charge in [-0.25, -0.2) is 0 Å². The number of hydrogen-bond donors (Lipinski definition) is 0. The summed E-state index contributed by atoms with van der Waals surface area (Å²) in [5.74, 6) is 0.299. The van der Waals surface area contributed by atoms with Crippen molar-refractivity contribution in [3.63, 3.8) is 0 Å². The average Bonchev–Trinajstić information content (AvgIpc) is 2.85. The molecule has 23 heavy (non-hydrogen) atoms. The van der Waals surface area contributed by atoms with Crippen LogP contribution in [0.15, 0.2) is 48.5 Å². The maximum atomic E-state index is 13.0. The first-order chi connectivity index (χ1) is 11.1. The number of carbonyl (C=O) groups excluding carboxylic acids is 2. The van der Waals surface area contributed by atoms with Crippen LogP contribution in [0.25, 0.3) is 0 Å². The van der Waals surface area contributed by atoms with Gasteiger partial charge < -0.3 is 4.90 Å². The molecule has 0 saturated heterocycles. The third kappa shape index (κ3) is 1.91. The Morgan fingerprint density at radius 3 is 2.30 bits per heavy atom. The molecule has 4 rings (SSSR count). The zero-order valence-electron chi connectivity index (χ0n) is 13.2. The van der Waals surface area contributed by atoms with Gasteiger partial charge in [-0.05, 0) is 24.1 Å². The highest BCUT2D eigenvalue weighted by atomic mass is 16.2. The Kier molecular flexibility index (Phi) is 3.01. The predicted octanol–water partition coefficient (Wildman–Crippen LogP) is 3.46. The summed E-state index contributed by atoms with van der Waals surface area (Å²) in [5, 5.41) is 0. The molecule has 2 aliphatic heterocycles. The van der Waals surface area contributed by atoms with E-state index in [2.05, 4.69) is 13.8 Å². The monoisotopic (exact) mass is 306 g/mol. The molecule has 0 saturated carbocycles. The Morgan fingerprint density at radius 1 is 0.913 bits per heavy atom. The topological polar surface area (TPSA) is 40.6 Å². The number of amides is 2. The smallest absolute Gasteiger partial charge is 0.260 e. The molecule has 0 radical (unpaired) electrons. The van der Waals surface area contributed by atoms with Crippen LogP contribution in [-0.4, -0.2) is 23.3 Å². The molecule has 2 heterocycles. The first-order valence-corrected chi connectivity index (χ1v) is 7.92. The number of anilines is 1. The molecule has 116 valence electrons. The fourth-order valence-electron chi connectivity index (χ4n) is 3.55. The highest BCUT2D eigenvalue weighted by molar-refractivity contribution is 6.16. The van der Waals surface area contributed by atoms with E-state index in [0.29, 0.717) is 29.3 Å². The van der Waals surface area contributed by atoms with Crippen molar-refractivity contribution in [2.45, 2.75) is 20.0 Å². The minimum absolute atomic E-state index is 0.0000491. The van der Waals surface area contributed by atoms with Gasteiger partial charge in [-0.15, -0.1) is 0 Å². The molecule has 4 heteroatoms. The summed E-state index contributed by atoms with van der Waals surface area (Å²) in [6.45, 7) is 4.79. The van der Waals surface area contributed by atoms with Gasteiger partial charge in [0.25, 0.3) is 11.8 Å². The average molecular weight is 306 g/mol. The molecular weight excluding hydrogens is 288 g/mol. The Labute approximate surface area is 135 Å². The number of rotatable bonds is 2. The number of benzene rings is 2. The molecule has 4 nitrogen and oxygen atoms in total. The van der Waals surface area contributed by atoms with Crippen LogP contribution in [0.3, 0.4) is 0 Å². The van der Waals surface area contributed by atoms with Crippen LogP contribution in [-0.2, 0) is 0 Å². The number of nitrogens with zero attached hydrogens (tertiary/aromatic N) is 2. The second kappa shape index (κ2) is 4.95. The van der Waals surface area contributed by atoms with Crippen LogP contribution in [0.1, 0.15) is 46.3 Å². The van der Waals surface area contributed by atoms with Gasteiger partial charge in [0.15, 0.2) is 0 Å². The second-order valence-electron chi connectivity index (χ2n) is 6.50. The molecule has 2 aromatic rings. The second-order valence-corrected chi connectivity index (χ2v) is 6.50. The van der Waals surface area contributed by atoms with Crippen molar-refractivity contribution in [1.29, 1.82) is 0 Å². The van der Waals surface area contributed by atoms with Crippen molar-refractivity contribution in [3.05, 3.63) is 65.2 Å². The van der Waals surface area contributed by atoms with Gasteiger partial charge in [0.2, 0.25) is 0 Å². The fraction of sp³-hybridized carbons (Fsp3) is 0.263. The maximum Gasteiger partial charge on any atom is 0.260 e. The van der Waals surface area contributed by atoms with Gasteiger partial charge in [-0.1, -0.05) is 44.2 Å². The number of fused-ring (bicyclic) bond motifs is 5. The minimum Gasteiger partial charge on any atom is -0.313 e. The number of carbonyl (C=O) groups is 2. The summed E-state index contributed by atoms with van der Waals surface area (Å²) in [6, 6.07) is 15.0. The number of para-hydroxylation sites is 1. The summed E-state index contributed by atoms with van der Waals surface area (Å²) in [5.41, 5.74) is 2.92. The summed E-state index contributed by atoms with van der Waals surface area (Å²) in [6.07, 6.45) is -0.330. The molecule has 2 amide bonds. The SMILES string of the molecule is CC(C)CN1C(=O)c2ccccc2N2C(=O)c3ccccc3C12. The fourth-order valence-corrected chi connectivity index (χ4v) is 3.55. The van der Waals surface area contributed by atoms with E-state index in [-0.39, 0.29) is 18.0 Å². The third-order valence-corrected chi connectivity index (χ3v) is 4.44. The zero-order valence-corrected chi connectivity index (χ0v) is 13.2. The molecule has 1 unspecified atom stereocenters. The van der Waals surface area contributed by atoms with Gasteiger partial charge in [-0.2, -0.15) is 0 Å². The van der Waals surface area contributed by atoms with Crippen molar-refractivity contribution in [2.24, 2.45) is 5.92 Å². The van der Waals surface area contributed by atoms with Crippen LogP contribution < -0.4 is 4.90 Å². The van der Waals surface area contributed by atoms with Crippen molar-refractivity contribution in [2.75, 3.05) is 11.4 Å². The lowest BCUT2D eigenvalue weighted by Gasteiger charge is -2.41. The van der Waals surface area contributed by atoms with Gasteiger partial charge >= 0.3 is 0 Å². The molecule has 0 bridgehead atoms. The molecule has 2 aliphatic rings. The molecule has 0 spiro atoms. The summed E-state index contributed by atoms with van der Waals surface area (Å²) >= 11 is 0. The van der Waals surface area contributed by atoms with Crippen molar-refractivity contribution in [1.82, 2.24) is 4.90 Å². The minimum atomic E-state index is -0.330. The maximum absolute atomic E-state index is 13.0. The molecule has 0 aliphatic carbocycles. The predicted molar refractivity (Wildman–Crippen MR) is 88.3 cm³/mol. The van der Waals surface area contributed by atoms with Gasteiger partial charge in [0.1, 0.15) is 6.17 Å². The van der Waals surface area contributed by atoms with Gasteiger partial charge in [0.05, 0.1) is 11.3 Å². The first-order valence-electron chi connectivity index (χ1n) is 7.92. The summed E-state index contributed by atoms with van der Waals surface area (Å²) in [7, 11) is 0. The van der Waals surface area contributed by atoms with E-state index >= 15 is 0 Å². The van der Waals surface area contributed by atoms with Crippen molar-refractivity contribution in [3.8, 4) is 0 Å². The largest absolute Gasteiger partial charge is 0.313 e. The lowest BCUT2D eigenvalue weighted by Crippen LogP contribution is -2.49. The van der Waals surface area contributed by atoms with Crippen molar-refractivity contribution >= 4 is 17.5 Å². The number of hydrogen-bond acceptors (Lipinski definition) is 2. The zero-order chi connectivity index (χ0) is 16.1. The van der Waals surface area contributed by atoms with Crippen molar-refractivity contribution < 1.29 is 9.59 Å². The van der Waals surface area contributed by atoms with Crippen LogP contribution in [0, 0.1) is 5.92 Å². The molecular formula is C19H18N2O2. The van der Waals surface area contributed by atoms with Crippen LogP contribution in [0.2, 0.25) is 0 Å². The van der Waals surface area contributed by atoms with E-state index in [1.54, 1.807) is 11.0 Å². The standard InChI is InChI=1S/C19H18N2O2/c1-12(2)11-20-17-13-7-3-4-8-14(13)19(23)21(17)16-10-6-5-9-15(16)18(20)22/h3-10,12,17H,11H2,1-2H3.